The minimum absolute atomic E-state index is 0.0470. The molecule has 4 rings (SSSR count). The molecule has 1 aliphatic rings. The highest BCUT2D eigenvalue weighted by Gasteiger charge is 2.34. The van der Waals surface area contributed by atoms with Crippen molar-refractivity contribution < 1.29 is 23.8 Å². The Morgan fingerprint density at radius 1 is 1.12 bits per heavy atom. The largest absolute Gasteiger partial charge is 0.488 e. The Balaban J connectivity index is 1.25. The summed E-state index contributed by atoms with van der Waals surface area (Å²) in [7, 11) is 3.46. The fourth-order valence-corrected chi connectivity index (χ4v) is 5.61. The number of hydrogen-bond acceptors (Lipinski definition) is 10. The van der Waals surface area contributed by atoms with Gasteiger partial charge in [-0.15, -0.1) is 0 Å². The lowest BCUT2D eigenvalue weighted by Gasteiger charge is -2.33. The summed E-state index contributed by atoms with van der Waals surface area (Å²) >= 11 is 6.49. The van der Waals surface area contributed by atoms with Crippen LogP contribution in [0.4, 0.5) is 17.5 Å². The number of ether oxygens (including phenoxy) is 3. The molecule has 2 aromatic heterocycles. The van der Waals surface area contributed by atoms with E-state index < -0.39 is 11.5 Å². The Hall–Kier alpha value is -3.94. The third kappa shape index (κ3) is 10.1. The average Bonchev–Trinajstić information content (AvgIpc) is 3.08. The van der Waals surface area contributed by atoms with Crippen molar-refractivity contribution >= 4 is 51.8 Å². The topological polar surface area (TPSA) is 140 Å². The van der Waals surface area contributed by atoms with Crippen LogP contribution in [-0.4, -0.2) is 96.5 Å². The van der Waals surface area contributed by atoms with Crippen LogP contribution in [0.25, 0.3) is 10.9 Å². The van der Waals surface area contributed by atoms with Gasteiger partial charge in [0.05, 0.1) is 37.6 Å². The molecule has 13 nitrogen and oxygen atoms in total. The highest BCUT2D eigenvalue weighted by atomic mass is 35.5. The Kier molecular flexibility index (Phi) is 13.2. The second-order valence-corrected chi connectivity index (χ2v) is 13.7. The van der Waals surface area contributed by atoms with E-state index >= 15 is 0 Å². The number of fused-ring (bicyclic) bond motifs is 1. The number of pyridine rings is 1. The fraction of sp³-hybridized carbons (Fsp3) is 0.571. The maximum Gasteiger partial charge on any atom is 0.293 e. The second kappa shape index (κ2) is 17.1. The molecule has 2 amide bonds. The van der Waals surface area contributed by atoms with Gasteiger partial charge in [0.1, 0.15) is 17.7 Å². The van der Waals surface area contributed by atoms with E-state index in [2.05, 4.69) is 20.5 Å². The zero-order valence-corrected chi connectivity index (χ0v) is 30.4. The Morgan fingerprint density at radius 3 is 2.53 bits per heavy atom. The maximum absolute atomic E-state index is 12.7. The fourth-order valence-electron chi connectivity index (χ4n) is 5.47. The number of anilines is 3. The second-order valence-electron chi connectivity index (χ2n) is 13.3. The molecule has 1 aliphatic heterocycles. The van der Waals surface area contributed by atoms with Gasteiger partial charge in [-0.25, -0.2) is 4.98 Å². The SMILES string of the molecule is CCCOc1cc2cc(Nc3nc(N4CCC(OCCOCC(=O)N[C@H](C(=O)N(C)CC)C(C)(C)C)CC4)ncc3Cl)ccc2n(C)c1=O. The number of carbonyl (C=O) groups excluding carboxylic acids is 2. The zero-order valence-electron chi connectivity index (χ0n) is 29.7. The molecule has 0 unspecified atom stereocenters. The van der Waals surface area contributed by atoms with Crippen LogP contribution in [-0.2, 0) is 26.1 Å². The van der Waals surface area contributed by atoms with E-state index in [9.17, 15) is 14.4 Å². The molecular formula is C35H50ClN7O6. The van der Waals surface area contributed by atoms with Gasteiger partial charge in [-0.1, -0.05) is 39.3 Å². The first kappa shape index (κ1) is 37.9. The smallest absolute Gasteiger partial charge is 0.293 e. The normalized spacial score (nSPS) is 14.5. The van der Waals surface area contributed by atoms with E-state index in [0.717, 1.165) is 35.9 Å². The van der Waals surface area contributed by atoms with Gasteiger partial charge in [-0.2, -0.15) is 4.98 Å². The molecule has 14 heteroatoms. The van der Waals surface area contributed by atoms with Crippen LogP contribution in [0.2, 0.25) is 5.02 Å². The van der Waals surface area contributed by atoms with Crippen molar-refractivity contribution in [2.75, 3.05) is 63.3 Å². The standard InChI is InChI=1S/C35H50ClN7O6/c1-8-16-49-28-20-23-19-24(10-11-27(23)42(7)32(28)45)38-31-26(36)21-37-34(40-31)43-14-12-25(13-15-43)48-18-17-47-22-29(44)39-30(35(3,4)5)33(46)41(6)9-2/h10-11,19-21,25,30H,8-9,12-18,22H2,1-7H3,(H,39,44)(H,37,38,40)/t30-/m1/s1. The molecule has 1 atom stereocenters. The lowest BCUT2D eigenvalue weighted by molar-refractivity contribution is -0.139. The number of nitrogens with zero attached hydrogens (tertiary/aromatic N) is 5. The van der Waals surface area contributed by atoms with Crippen LogP contribution in [0.15, 0.2) is 35.3 Å². The number of rotatable bonds is 15. The monoisotopic (exact) mass is 699 g/mol. The number of nitrogens with one attached hydrogen (secondary N) is 2. The highest BCUT2D eigenvalue weighted by molar-refractivity contribution is 6.32. The van der Waals surface area contributed by atoms with E-state index in [4.69, 9.17) is 30.8 Å². The Bertz CT molecular complexity index is 1650. The summed E-state index contributed by atoms with van der Waals surface area (Å²) in [6.07, 6.45) is 4.00. The molecule has 0 aliphatic carbocycles. The molecular weight excluding hydrogens is 650 g/mol. The van der Waals surface area contributed by atoms with Crippen molar-refractivity contribution in [1.29, 1.82) is 0 Å². The summed E-state index contributed by atoms with van der Waals surface area (Å²) in [6.45, 7) is 12.6. The number of likely N-dealkylation sites (N-methyl/N-ethyl adjacent to an activating group) is 1. The summed E-state index contributed by atoms with van der Waals surface area (Å²) in [4.78, 5) is 50.8. The minimum Gasteiger partial charge on any atom is -0.488 e. The molecule has 0 saturated carbocycles. The summed E-state index contributed by atoms with van der Waals surface area (Å²) in [5, 5.41) is 7.37. The summed E-state index contributed by atoms with van der Waals surface area (Å²) in [6, 6.07) is 6.81. The highest BCUT2D eigenvalue weighted by Crippen LogP contribution is 2.29. The Labute approximate surface area is 293 Å². The van der Waals surface area contributed by atoms with E-state index in [1.54, 1.807) is 35.8 Å². The molecule has 3 heterocycles. The molecule has 1 aromatic carbocycles. The molecule has 0 bridgehead atoms. The summed E-state index contributed by atoms with van der Waals surface area (Å²) in [5.41, 5.74) is 0.942. The molecule has 1 saturated heterocycles. The molecule has 268 valence electrons. The van der Waals surface area contributed by atoms with Gasteiger partial charge < -0.3 is 39.2 Å². The number of carbonyl (C=O) groups is 2. The molecule has 0 radical (unpaired) electrons. The summed E-state index contributed by atoms with van der Waals surface area (Å²) < 4.78 is 18.8. The maximum atomic E-state index is 12.7. The lowest BCUT2D eigenvalue weighted by atomic mass is 9.85. The number of aromatic nitrogens is 3. The van der Waals surface area contributed by atoms with Crippen molar-refractivity contribution in [3.8, 4) is 5.75 Å². The predicted molar refractivity (Wildman–Crippen MR) is 192 cm³/mol. The van der Waals surface area contributed by atoms with Crippen molar-refractivity contribution in [3.63, 3.8) is 0 Å². The van der Waals surface area contributed by atoms with E-state index in [0.29, 0.717) is 55.4 Å². The van der Waals surface area contributed by atoms with Crippen molar-refractivity contribution in [3.05, 3.63) is 45.8 Å². The van der Waals surface area contributed by atoms with Gasteiger partial charge >= 0.3 is 0 Å². The van der Waals surface area contributed by atoms with Gasteiger partial charge in [0.25, 0.3) is 5.56 Å². The number of amides is 2. The van der Waals surface area contributed by atoms with Gasteiger partial charge in [-0.3, -0.25) is 14.4 Å². The number of hydrogen-bond donors (Lipinski definition) is 2. The molecule has 1 fully saturated rings. The van der Waals surface area contributed by atoms with Crippen LogP contribution in [0, 0.1) is 5.41 Å². The van der Waals surface area contributed by atoms with Crippen LogP contribution in [0.1, 0.15) is 53.9 Å². The lowest BCUT2D eigenvalue weighted by Crippen LogP contribution is -2.54. The van der Waals surface area contributed by atoms with Gasteiger partial charge in [0.2, 0.25) is 17.8 Å². The quantitative estimate of drug-likeness (QED) is 0.218. The van der Waals surface area contributed by atoms with Crippen LogP contribution in [0.5, 0.6) is 5.75 Å². The first-order chi connectivity index (χ1) is 23.3. The molecule has 2 N–H and O–H groups in total. The molecule has 3 aromatic rings. The van der Waals surface area contributed by atoms with Crippen LogP contribution in [0.3, 0.4) is 0 Å². The first-order valence-corrected chi connectivity index (χ1v) is 17.2. The number of aryl methyl sites for hydroxylation is 1. The van der Waals surface area contributed by atoms with Gasteiger partial charge in [0.15, 0.2) is 11.6 Å². The number of piperidine rings is 1. The Morgan fingerprint density at radius 2 is 1.86 bits per heavy atom. The van der Waals surface area contributed by atoms with Crippen molar-refractivity contribution in [2.45, 2.75) is 66.0 Å². The van der Waals surface area contributed by atoms with Crippen molar-refractivity contribution in [1.82, 2.24) is 24.8 Å². The molecule has 49 heavy (non-hydrogen) atoms. The third-order valence-electron chi connectivity index (χ3n) is 8.45. The van der Waals surface area contributed by atoms with E-state index in [1.807, 2.05) is 52.8 Å². The van der Waals surface area contributed by atoms with E-state index in [-0.39, 0.29) is 36.7 Å². The van der Waals surface area contributed by atoms with Crippen LogP contribution >= 0.6 is 11.6 Å². The zero-order chi connectivity index (χ0) is 35.7. The predicted octanol–water partition coefficient (Wildman–Crippen LogP) is 4.53. The minimum atomic E-state index is -0.637. The summed E-state index contributed by atoms with van der Waals surface area (Å²) in [5.74, 6) is 0.907. The number of halogens is 1. The number of benzene rings is 1. The van der Waals surface area contributed by atoms with Gasteiger partial charge in [0, 0.05) is 44.8 Å². The van der Waals surface area contributed by atoms with Gasteiger partial charge in [-0.05, 0) is 55.9 Å². The van der Waals surface area contributed by atoms with E-state index in [1.165, 1.54) is 0 Å². The first-order valence-electron chi connectivity index (χ1n) is 16.9. The average molecular weight is 700 g/mol. The van der Waals surface area contributed by atoms with Crippen LogP contribution < -0.4 is 25.8 Å². The molecule has 0 spiro atoms. The van der Waals surface area contributed by atoms with Crippen molar-refractivity contribution in [2.24, 2.45) is 12.5 Å². The third-order valence-corrected chi connectivity index (χ3v) is 8.73.